The fourth-order valence-electron chi connectivity index (χ4n) is 3.26. The molecule has 2 aromatic rings. The third-order valence-corrected chi connectivity index (χ3v) is 4.67. The van der Waals surface area contributed by atoms with E-state index in [0.717, 1.165) is 42.3 Å². The van der Waals surface area contributed by atoms with Crippen LogP contribution in [0.15, 0.2) is 34.3 Å². The highest BCUT2D eigenvalue weighted by Crippen LogP contribution is 2.32. The Kier molecular flexibility index (Phi) is 4.46. The zero-order chi connectivity index (χ0) is 18.1. The number of nitrogens with two attached hydrogens (primary N) is 1. The van der Waals surface area contributed by atoms with Crippen molar-refractivity contribution in [3.05, 3.63) is 41.2 Å². The molecule has 0 aliphatic carbocycles. The summed E-state index contributed by atoms with van der Waals surface area (Å²) in [6, 6.07) is 8.55. The standard InChI is InChI=1S/C19H24N6O/c1-12(2)23-19(22-11-20)16-8-15-5-6-26-18-4-3-13(14-9-21-10-14)7-17(18)25(15)24-16/h3-4,7-8,11-12,14,21H,5-6,9-10H2,1-2H3,(H2,20,22,23). The maximum absolute atomic E-state index is 5.93. The first-order valence-electron chi connectivity index (χ1n) is 9.05. The summed E-state index contributed by atoms with van der Waals surface area (Å²) in [4.78, 5) is 8.76. The van der Waals surface area contributed by atoms with Crippen LogP contribution in [0.25, 0.3) is 5.69 Å². The van der Waals surface area contributed by atoms with Crippen LogP contribution < -0.4 is 15.8 Å². The van der Waals surface area contributed by atoms with Crippen molar-refractivity contribution in [2.24, 2.45) is 15.7 Å². The molecule has 136 valence electrons. The second-order valence-electron chi connectivity index (χ2n) is 6.94. The number of rotatable bonds is 3. The molecule has 7 heteroatoms. The van der Waals surface area contributed by atoms with Crippen LogP contribution in [0, 0.1) is 0 Å². The summed E-state index contributed by atoms with van der Waals surface area (Å²) >= 11 is 0. The lowest BCUT2D eigenvalue weighted by Crippen LogP contribution is -2.39. The van der Waals surface area contributed by atoms with Gasteiger partial charge in [-0.05, 0) is 37.6 Å². The molecule has 0 spiro atoms. The average Bonchev–Trinajstić information content (AvgIpc) is 2.90. The molecule has 0 unspecified atom stereocenters. The van der Waals surface area contributed by atoms with Crippen molar-refractivity contribution in [3.8, 4) is 11.4 Å². The van der Waals surface area contributed by atoms with E-state index in [9.17, 15) is 0 Å². The maximum Gasteiger partial charge on any atom is 0.177 e. The molecule has 1 aromatic heterocycles. The summed E-state index contributed by atoms with van der Waals surface area (Å²) in [6.07, 6.45) is 2.05. The van der Waals surface area contributed by atoms with Crippen LogP contribution in [0.5, 0.6) is 5.75 Å². The van der Waals surface area contributed by atoms with Crippen LogP contribution in [0.4, 0.5) is 0 Å². The first-order valence-corrected chi connectivity index (χ1v) is 9.05. The van der Waals surface area contributed by atoms with Crippen molar-refractivity contribution in [2.75, 3.05) is 19.7 Å². The van der Waals surface area contributed by atoms with Crippen LogP contribution in [-0.4, -0.2) is 47.7 Å². The topological polar surface area (TPSA) is 89.8 Å². The number of ether oxygens (including phenoxy) is 1. The Hall–Kier alpha value is -2.67. The number of hydrogen-bond donors (Lipinski definition) is 2. The first-order chi connectivity index (χ1) is 12.7. The highest BCUT2D eigenvalue weighted by atomic mass is 16.5. The van der Waals surface area contributed by atoms with Crippen molar-refractivity contribution >= 4 is 12.2 Å². The second-order valence-corrected chi connectivity index (χ2v) is 6.94. The van der Waals surface area contributed by atoms with Gasteiger partial charge in [0.15, 0.2) is 5.84 Å². The van der Waals surface area contributed by atoms with Gasteiger partial charge in [-0.3, -0.25) is 4.99 Å². The molecule has 0 amide bonds. The summed E-state index contributed by atoms with van der Waals surface area (Å²) in [7, 11) is 0. The third-order valence-electron chi connectivity index (χ3n) is 4.67. The molecule has 0 saturated carbocycles. The van der Waals surface area contributed by atoms with Gasteiger partial charge in [-0.2, -0.15) is 5.10 Å². The van der Waals surface area contributed by atoms with Crippen LogP contribution in [0.1, 0.15) is 36.7 Å². The Morgan fingerprint density at radius 3 is 2.92 bits per heavy atom. The molecule has 26 heavy (non-hydrogen) atoms. The van der Waals surface area contributed by atoms with Gasteiger partial charge in [-0.1, -0.05) is 6.07 Å². The smallest absolute Gasteiger partial charge is 0.177 e. The first kappa shape index (κ1) is 16.8. The Morgan fingerprint density at radius 1 is 1.38 bits per heavy atom. The van der Waals surface area contributed by atoms with E-state index in [4.69, 9.17) is 15.6 Å². The van der Waals surface area contributed by atoms with E-state index in [2.05, 4.69) is 33.5 Å². The lowest BCUT2D eigenvalue weighted by Gasteiger charge is -2.28. The van der Waals surface area contributed by atoms with Crippen molar-refractivity contribution < 1.29 is 4.74 Å². The van der Waals surface area contributed by atoms with Crippen molar-refractivity contribution in [3.63, 3.8) is 0 Å². The van der Waals surface area contributed by atoms with E-state index in [-0.39, 0.29) is 6.04 Å². The van der Waals surface area contributed by atoms with Crippen molar-refractivity contribution in [1.82, 2.24) is 15.1 Å². The van der Waals surface area contributed by atoms with Gasteiger partial charge in [-0.15, -0.1) is 0 Å². The van der Waals surface area contributed by atoms with E-state index in [1.165, 1.54) is 11.9 Å². The van der Waals surface area contributed by atoms with Gasteiger partial charge in [0.25, 0.3) is 0 Å². The molecule has 2 aliphatic rings. The largest absolute Gasteiger partial charge is 0.491 e. The molecular formula is C19H24N6O. The molecule has 0 atom stereocenters. The highest BCUT2D eigenvalue weighted by molar-refractivity contribution is 6.01. The summed E-state index contributed by atoms with van der Waals surface area (Å²) < 4.78 is 7.90. The number of benzene rings is 1. The normalized spacial score (nSPS) is 17.6. The van der Waals surface area contributed by atoms with Gasteiger partial charge < -0.3 is 15.8 Å². The Labute approximate surface area is 153 Å². The van der Waals surface area contributed by atoms with Crippen LogP contribution in [-0.2, 0) is 6.42 Å². The van der Waals surface area contributed by atoms with Crippen LogP contribution in [0.2, 0.25) is 0 Å². The predicted octanol–water partition coefficient (Wildman–Crippen LogP) is 1.64. The SMILES string of the molecule is CC(C)N=C(N=CN)c1cc2n(n1)-c1cc(C3CNC3)ccc1OCC2. The van der Waals surface area contributed by atoms with E-state index in [1.807, 2.05) is 24.6 Å². The third kappa shape index (κ3) is 3.10. The van der Waals surface area contributed by atoms with Crippen LogP contribution in [0.3, 0.4) is 0 Å². The minimum absolute atomic E-state index is 0.114. The molecule has 0 radical (unpaired) electrons. The number of hydrogen-bond acceptors (Lipinski definition) is 4. The van der Waals surface area contributed by atoms with E-state index < -0.39 is 0 Å². The molecule has 1 aromatic carbocycles. The molecule has 4 rings (SSSR count). The van der Waals surface area contributed by atoms with E-state index >= 15 is 0 Å². The van der Waals surface area contributed by atoms with E-state index in [0.29, 0.717) is 18.4 Å². The van der Waals surface area contributed by atoms with Gasteiger partial charge in [0.2, 0.25) is 0 Å². The molecule has 2 aliphatic heterocycles. The monoisotopic (exact) mass is 352 g/mol. The predicted molar refractivity (Wildman–Crippen MR) is 103 cm³/mol. The van der Waals surface area contributed by atoms with E-state index in [1.54, 1.807) is 0 Å². The Bertz CT molecular complexity index is 863. The minimum atomic E-state index is 0.114. The minimum Gasteiger partial charge on any atom is -0.491 e. The number of aliphatic imine (C=N–C) groups is 2. The van der Waals surface area contributed by atoms with Gasteiger partial charge in [0, 0.05) is 37.2 Å². The second kappa shape index (κ2) is 6.92. The lowest BCUT2D eigenvalue weighted by molar-refractivity contribution is 0.326. The molecule has 0 bridgehead atoms. The van der Waals surface area contributed by atoms with Gasteiger partial charge in [-0.25, -0.2) is 9.67 Å². The number of nitrogens with one attached hydrogen (secondary N) is 1. The average molecular weight is 352 g/mol. The fraction of sp³-hybridized carbons (Fsp3) is 0.421. The number of nitrogens with zero attached hydrogens (tertiary/aromatic N) is 4. The zero-order valence-electron chi connectivity index (χ0n) is 15.1. The van der Waals surface area contributed by atoms with Gasteiger partial charge >= 0.3 is 0 Å². The molecular weight excluding hydrogens is 328 g/mol. The fourth-order valence-corrected chi connectivity index (χ4v) is 3.26. The summed E-state index contributed by atoms with van der Waals surface area (Å²) in [6.45, 7) is 6.68. The summed E-state index contributed by atoms with van der Waals surface area (Å²) in [5.41, 5.74) is 9.62. The Balaban J connectivity index is 1.79. The Morgan fingerprint density at radius 2 is 2.23 bits per heavy atom. The molecule has 3 heterocycles. The molecule has 3 N–H and O–H groups in total. The zero-order valence-corrected chi connectivity index (χ0v) is 15.1. The van der Waals surface area contributed by atoms with Crippen molar-refractivity contribution in [1.29, 1.82) is 0 Å². The molecule has 1 fully saturated rings. The van der Waals surface area contributed by atoms with Crippen molar-refractivity contribution in [2.45, 2.75) is 32.2 Å². The summed E-state index contributed by atoms with van der Waals surface area (Å²) in [5.74, 6) is 1.98. The van der Waals surface area contributed by atoms with Gasteiger partial charge in [0.05, 0.1) is 12.9 Å². The number of aromatic nitrogens is 2. The maximum atomic E-state index is 5.93. The number of amidine groups is 1. The molecule has 7 nitrogen and oxygen atoms in total. The summed E-state index contributed by atoms with van der Waals surface area (Å²) in [5, 5.41) is 8.11. The quantitative estimate of drug-likeness (QED) is 0.649. The molecule has 1 saturated heterocycles. The van der Waals surface area contributed by atoms with Crippen LogP contribution >= 0.6 is 0 Å². The number of fused-ring (bicyclic) bond motifs is 3. The highest BCUT2D eigenvalue weighted by Gasteiger charge is 2.24. The lowest BCUT2D eigenvalue weighted by atomic mass is 9.93. The van der Waals surface area contributed by atoms with Gasteiger partial charge in [0.1, 0.15) is 17.1 Å².